The van der Waals surface area contributed by atoms with Crippen LogP contribution in [0.25, 0.3) is 66.1 Å². The van der Waals surface area contributed by atoms with Crippen LogP contribution < -0.4 is 14.7 Å². The van der Waals surface area contributed by atoms with Crippen LogP contribution in [0.5, 0.6) is 0 Å². The molecule has 6 aromatic carbocycles. The highest BCUT2D eigenvalue weighted by atomic mass is 32.1. The Morgan fingerprint density at radius 2 is 1.36 bits per heavy atom. The Hall–Kier alpha value is -5.12. The Morgan fingerprint density at radius 3 is 2.20 bits per heavy atom. The molecule has 0 spiro atoms. The molecule has 0 amide bonds. The van der Waals surface area contributed by atoms with E-state index in [9.17, 15) is 0 Å². The summed E-state index contributed by atoms with van der Waals surface area (Å²) >= 11 is 1.87. The maximum absolute atomic E-state index is 6.37. The van der Waals surface area contributed by atoms with Gasteiger partial charge in [0.05, 0.1) is 11.7 Å². The number of hydrogen-bond donors (Lipinski definition) is 0. The molecule has 0 aliphatic carbocycles. The van der Waals surface area contributed by atoms with E-state index in [2.05, 4.69) is 152 Å². The molecule has 2 aromatic heterocycles. The summed E-state index contributed by atoms with van der Waals surface area (Å²) < 4.78 is 8.99. The molecule has 2 heterocycles. The van der Waals surface area contributed by atoms with Crippen molar-refractivity contribution in [2.75, 3.05) is 4.90 Å². The summed E-state index contributed by atoms with van der Waals surface area (Å²) in [5.74, 6) is 0. The third kappa shape index (κ3) is 4.40. The minimum Gasteiger partial charge on any atom is -0.456 e. The number of para-hydroxylation sites is 2. The number of nitrogens with zero attached hydrogens (tertiary/aromatic N) is 1. The summed E-state index contributed by atoms with van der Waals surface area (Å²) in [5, 5.41) is 7.34. The van der Waals surface area contributed by atoms with Crippen molar-refractivity contribution in [3.63, 3.8) is 0 Å². The summed E-state index contributed by atoms with van der Waals surface area (Å²) in [5.41, 5.74) is 6.48. The van der Waals surface area contributed by atoms with Crippen LogP contribution in [0, 0.1) is 0 Å². The first-order valence-electron chi connectivity index (χ1n) is 15.1. The summed E-state index contributed by atoms with van der Waals surface area (Å²) in [6.45, 7) is 4.44. The second kappa shape index (κ2) is 10.9. The van der Waals surface area contributed by atoms with E-state index in [1.165, 1.54) is 36.2 Å². The molecule has 8 aromatic rings. The molecule has 1 unspecified atom stereocenters. The molecule has 0 bridgehead atoms. The van der Waals surface area contributed by atoms with Gasteiger partial charge in [-0.15, -0.1) is 11.3 Å². The standard InChI is InChI=1S/C41H31NOS/c1-3-31-35-18-10-12-20-39(35)44-40(31)25-27(2)42(30-14-5-4-6-15-30)36-24-22-28-13-7-8-16-32(28)41(36)29-21-23-34-33-17-9-11-19-37(33)43-38(34)26-29/h3-27H,1-2H3/b31-3-,40-25+. The lowest BCUT2D eigenvalue weighted by Crippen LogP contribution is -2.31. The highest BCUT2D eigenvalue weighted by Crippen LogP contribution is 2.43. The van der Waals surface area contributed by atoms with Crippen molar-refractivity contribution >= 4 is 77.7 Å². The van der Waals surface area contributed by atoms with Crippen LogP contribution in [0.3, 0.4) is 0 Å². The normalized spacial score (nSPS) is 13.4. The second-order valence-corrected chi connectivity index (χ2v) is 12.4. The molecule has 0 radical (unpaired) electrons. The molecule has 0 aliphatic heterocycles. The van der Waals surface area contributed by atoms with Crippen molar-refractivity contribution in [2.45, 2.75) is 19.9 Å². The number of thiophene rings is 1. The van der Waals surface area contributed by atoms with E-state index >= 15 is 0 Å². The van der Waals surface area contributed by atoms with Gasteiger partial charge in [-0.1, -0.05) is 97.1 Å². The Kier molecular flexibility index (Phi) is 6.54. The van der Waals surface area contributed by atoms with E-state index in [1.54, 1.807) is 0 Å². The fourth-order valence-corrected chi connectivity index (χ4v) is 7.90. The van der Waals surface area contributed by atoms with Crippen LogP contribution in [0.1, 0.15) is 13.8 Å². The van der Waals surface area contributed by atoms with Gasteiger partial charge in [0, 0.05) is 31.3 Å². The van der Waals surface area contributed by atoms with Gasteiger partial charge in [-0.25, -0.2) is 0 Å². The first-order valence-corrected chi connectivity index (χ1v) is 15.9. The lowest BCUT2D eigenvalue weighted by atomic mass is 9.94. The molecular formula is C41H31NOS. The van der Waals surface area contributed by atoms with E-state index in [0.717, 1.165) is 38.9 Å². The molecule has 8 rings (SSSR count). The van der Waals surface area contributed by atoms with Gasteiger partial charge < -0.3 is 9.32 Å². The van der Waals surface area contributed by atoms with E-state index < -0.39 is 0 Å². The number of furan rings is 1. The van der Waals surface area contributed by atoms with Gasteiger partial charge in [-0.3, -0.25) is 0 Å². The zero-order chi connectivity index (χ0) is 29.6. The largest absolute Gasteiger partial charge is 0.456 e. The molecule has 0 fully saturated rings. The van der Waals surface area contributed by atoms with Crippen LogP contribution in [-0.4, -0.2) is 6.04 Å². The quantitative estimate of drug-likeness (QED) is 0.200. The van der Waals surface area contributed by atoms with Crippen molar-refractivity contribution in [2.24, 2.45) is 0 Å². The van der Waals surface area contributed by atoms with Crippen molar-refractivity contribution in [1.29, 1.82) is 0 Å². The maximum Gasteiger partial charge on any atom is 0.136 e. The number of benzene rings is 6. The van der Waals surface area contributed by atoms with Crippen molar-refractivity contribution in [3.05, 3.63) is 143 Å². The maximum atomic E-state index is 6.37. The summed E-state index contributed by atoms with van der Waals surface area (Å²) in [7, 11) is 0. The predicted octanol–water partition coefficient (Wildman–Crippen LogP) is 10.4. The molecule has 3 heteroatoms. The van der Waals surface area contributed by atoms with E-state index in [4.69, 9.17) is 4.42 Å². The minimum absolute atomic E-state index is 0.0685. The van der Waals surface area contributed by atoms with Crippen molar-refractivity contribution in [1.82, 2.24) is 0 Å². The zero-order valence-corrected chi connectivity index (χ0v) is 25.5. The van der Waals surface area contributed by atoms with Crippen molar-refractivity contribution < 1.29 is 4.42 Å². The summed E-state index contributed by atoms with van der Waals surface area (Å²) in [4.78, 5) is 2.48. The topological polar surface area (TPSA) is 16.4 Å². The number of anilines is 2. The minimum atomic E-state index is 0.0685. The average Bonchev–Trinajstić information content (AvgIpc) is 3.62. The third-order valence-corrected chi connectivity index (χ3v) is 9.77. The van der Waals surface area contributed by atoms with Crippen LogP contribution >= 0.6 is 11.3 Å². The van der Waals surface area contributed by atoms with Crippen LogP contribution in [-0.2, 0) is 0 Å². The SMILES string of the molecule is C/C=c1\c(=C/C(C)N(c2ccccc2)c2ccc3ccccc3c2-c2ccc3c(c2)oc2ccccc23)sc2ccccc12. The second-order valence-electron chi connectivity index (χ2n) is 11.3. The Bertz CT molecular complexity index is 2430. The fraction of sp³-hybridized carbons (Fsp3) is 0.0732. The smallest absolute Gasteiger partial charge is 0.136 e. The van der Waals surface area contributed by atoms with E-state index in [-0.39, 0.29) is 6.04 Å². The molecule has 1 atom stereocenters. The van der Waals surface area contributed by atoms with Crippen LogP contribution in [0.15, 0.2) is 138 Å². The molecule has 0 saturated carbocycles. The van der Waals surface area contributed by atoms with Gasteiger partial charge in [-0.2, -0.15) is 0 Å². The molecular weight excluding hydrogens is 555 g/mol. The molecule has 212 valence electrons. The summed E-state index contributed by atoms with van der Waals surface area (Å²) in [6.07, 6.45) is 4.67. The highest BCUT2D eigenvalue weighted by molar-refractivity contribution is 7.17. The average molecular weight is 586 g/mol. The Labute approximate surface area is 260 Å². The molecule has 0 aliphatic rings. The van der Waals surface area contributed by atoms with Gasteiger partial charge in [0.2, 0.25) is 0 Å². The van der Waals surface area contributed by atoms with Gasteiger partial charge in [0.1, 0.15) is 11.2 Å². The predicted molar refractivity (Wildman–Crippen MR) is 190 cm³/mol. The van der Waals surface area contributed by atoms with Crippen LogP contribution in [0.4, 0.5) is 11.4 Å². The van der Waals surface area contributed by atoms with Crippen LogP contribution in [0.2, 0.25) is 0 Å². The lowest BCUT2D eigenvalue weighted by Gasteiger charge is -2.32. The molecule has 2 nitrogen and oxygen atoms in total. The molecule has 0 saturated heterocycles. The first-order chi connectivity index (χ1) is 21.7. The monoisotopic (exact) mass is 585 g/mol. The van der Waals surface area contributed by atoms with E-state index in [1.807, 2.05) is 23.5 Å². The Balaban J connectivity index is 1.39. The summed E-state index contributed by atoms with van der Waals surface area (Å²) in [6, 6.07) is 47.7. The van der Waals surface area contributed by atoms with Gasteiger partial charge in [0.15, 0.2) is 0 Å². The van der Waals surface area contributed by atoms with Gasteiger partial charge in [0.25, 0.3) is 0 Å². The number of hydrogen-bond acceptors (Lipinski definition) is 3. The number of rotatable bonds is 5. The molecule has 0 N–H and O–H groups in total. The Morgan fingerprint density at radius 1 is 0.659 bits per heavy atom. The van der Waals surface area contributed by atoms with Gasteiger partial charge in [-0.05, 0) is 89.3 Å². The first kappa shape index (κ1) is 26.5. The van der Waals surface area contributed by atoms with Gasteiger partial charge >= 0.3 is 0 Å². The highest BCUT2D eigenvalue weighted by Gasteiger charge is 2.22. The van der Waals surface area contributed by atoms with Crippen molar-refractivity contribution in [3.8, 4) is 11.1 Å². The zero-order valence-electron chi connectivity index (χ0n) is 24.7. The lowest BCUT2D eigenvalue weighted by molar-refractivity contribution is 0.669. The molecule has 44 heavy (non-hydrogen) atoms. The number of fused-ring (bicyclic) bond motifs is 5. The fourth-order valence-electron chi connectivity index (χ4n) is 6.63. The third-order valence-electron chi connectivity index (χ3n) is 8.62. The van der Waals surface area contributed by atoms with E-state index in [0.29, 0.717) is 0 Å².